The fourth-order valence-electron chi connectivity index (χ4n) is 1.94. The minimum absolute atomic E-state index is 0.293. The number of rotatable bonds is 6. The smallest absolute Gasteiger partial charge is 0.123 e. The summed E-state index contributed by atoms with van der Waals surface area (Å²) in [5, 5.41) is 20.3. The van der Waals surface area contributed by atoms with Gasteiger partial charge < -0.3 is 10.2 Å². The number of hydrogen-bond acceptors (Lipinski definition) is 2. The lowest BCUT2D eigenvalue weighted by molar-refractivity contribution is -0.0660. The van der Waals surface area contributed by atoms with Gasteiger partial charge >= 0.3 is 0 Å². The van der Waals surface area contributed by atoms with Crippen LogP contribution in [0.2, 0.25) is 0 Å². The number of aliphatic hydroxyl groups excluding tert-OH is 1. The predicted molar refractivity (Wildman–Crippen MR) is 70.8 cm³/mol. The molecule has 0 saturated carbocycles. The molecule has 0 radical (unpaired) electrons. The largest absolute Gasteiger partial charge is 0.390 e. The third-order valence-electron chi connectivity index (χ3n) is 3.21. The van der Waals surface area contributed by atoms with Gasteiger partial charge in [-0.3, -0.25) is 0 Å². The molecule has 2 nitrogen and oxygen atoms in total. The van der Waals surface area contributed by atoms with E-state index in [1.165, 1.54) is 12.1 Å². The van der Waals surface area contributed by atoms with Gasteiger partial charge in [0.05, 0.1) is 11.7 Å². The minimum Gasteiger partial charge on any atom is -0.390 e. The Kier molecular flexibility index (Phi) is 5.29. The monoisotopic (exact) mass is 254 g/mol. The van der Waals surface area contributed by atoms with Crippen molar-refractivity contribution in [2.75, 3.05) is 0 Å². The molecule has 3 heteroatoms. The van der Waals surface area contributed by atoms with Crippen LogP contribution in [0.25, 0.3) is 0 Å². The SMILES string of the molecule is CC(C)CCC(O)C(C)(O)Cc1ccc(F)cc1. The molecule has 2 N–H and O–H groups in total. The van der Waals surface area contributed by atoms with E-state index in [1.807, 2.05) is 0 Å². The molecule has 0 spiro atoms. The maximum Gasteiger partial charge on any atom is 0.123 e. The zero-order valence-corrected chi connectivity index (χ0v) is 11.4. The normalized spacial score (nSPS) is 16.6. The highest BCUT2D eigenvalue weighted by molar-refractivity contribution is 5.18. The van der Waals surface area contributed by atoms with E-state index in [0.29, 0.717) is 18.8 Å². The van der Waals surface area contributed by atoms with Gasteiger partial charge in [-0.25, -0.2) is 4.39 Å². The first kappa shape index (κ1) is 15.1. The zero-order chi connectivity index (χ0) is 13.8. The minimum atomic E-state index is -1.17. The van der Waals surface area contributed by atoms with E-state index < -0.39 is 11.7 Å². The second kappa shape index (κ2) is 6.30. The third-order valence-corrected chi connectivity index (χ3v) is 3.21. The van der Waals surface area contributed by atoms with Crippen molar-refractivity contribution >= 4 is 0 Å². The maximum atomic E-state index is 12.8. The second-order valence-electron chi connectivity index (χ2n) is 5.65. The van der Waals surface area contributed by atoms with Gasteiger partial charge in [-0.05, 0) is 43.4 Å². The molecule has 2 atom stereocenters. The Hall–Kier alpha value is -0.930. The Bertz CT molecular complexity index is 357. The van der Waals surface area contributed by atoms with Crippen LogP contribution in [0.4, 0.5) is 4.39 Å². The van der Waals surface area contributed by atoms with Gasteiger partial charge in [0.1, 0.15) is 5.82 Å². The van der Waals surface area contributed by atoms with E-state index in [9.17, 15) is 14.6 Å². The van der Waals surface area contributed by atoms with Crippen LogP contribution in [0.3, 0.4) is 0 Å². The molecule has 0 aliphatic carbocycles. The standard InChI is InChI=1S/C15H23FO2/c1-11(2)4-9-14(17)15(3,18)10-12-5-7-13(16)8-6-12/h5-8,11,14,17-18H,4,9-10H2,1-3H3. The Balaban J connectivity index is 2.59. The Morgan fingerprint density at radius 2 is 1.72 bits per heavy atom. The summed E-state index contributed by atoms with van der Waals surface area (Å²) in [6, 6.07) is 6.01. The van der Waals surface area contributed by atoms with Gasteiger partial charge in [-0.2, -0.15) is 0 Å². The molecule has 0 aliphatic heterocycles. The van der Waals surface area contributed by atoms with Crippen LogP contribution >= 0.6 is 0 Å². The van der Waals surface area contributed by atoms with Crippen LogP contribution in [-0.2, 0) is 6.42 Å². The number of aliphatic hydroxyl groups is 2. The van der Waals surface area contributed by atoms with Crippen LogP contribution in [-0.4, -0.2) is 21.9 Å². The van der Waals surface area contributed by atoms with Crippen LogP contribution in [0.1, 0.15) is 39.2 Å². The van der Waals surface area contributed by atoms with Crippen LogP contribution < -0.4 is 0 Å². The summed E-state index contributed by atoms with van der Waals surface area (Å²) in [4.78, 5) is 0. The van der Waals surface area contributed by atoms with Crippen LogP contribution in [0.15, 0.2) is 24.3 Å². The average Bonchev–Trinajstić information content (AvgIpc) is 2.28. The van der Waals surface area contributed by atoms with Gasteiger partial charge in [0.15, 0.2) is 0 Å². The quantitative estimate of drug-likeness (QED) is 0.819. The third kappa shape index (κ3) is 4.75. The lowest BCUT2D eigenvalue weighted by Gasteiger charge is -2.29. The molecule has 0 amide bonds. The topological polar surface area (TPSA) is 40.5 Å². The van der Waals surface area contributed by atoms with E-state index in [0.717, 1.165) is 12.0 Å². The average molecular weight is 254 g/mol. The lowest BCUT2D eigenvalue weighted by atomic mass is 9.87. The molecule has 0 fully saturated rings. The summed E-state index contributed by atoms with van der Waals surface area (Å²) in [7, 11) is 0. The molecule has 1 rings (SSSR count). The molecule has 1 aromatic carbocycles. The van der Waals surface area contributed by atoms with Crippen molar-refractivity contribution in [3.63, 3.8) is 0 Å². The summed E-state index contributed by atoms with van der Waals surface area (Å²) in [6.45, 7) is 5.80. The molecule has 18 heavy (non-hydrogen) atoms. The summed E-state index contributed by atoms with van der Waals surface area (Å²) in [5.74, 6) is 0.208. The Morgan fingerprint density at radius 3 is 2.22 bits per heavy atom. The highest BCUT2D eigenvalue weighted by Crippen LogP contribution is 2.22. The summed E-state index contributed by atoms with van der Waals surface area (Å²) < 4.78 is 12.8. The zero-order valence-electron chi connectivity index (χ0n) is 11.4. The van der Waals surface area contributed by atoms with Crippen molar-refractivity contribution in [3.8, 4) is 0 Å². The van der Waals surface area contributed by atoms with Crippen molar-refractivity contribution in [3.05, 3.63) is 35.6 Å². The summed E-state index contributed by atoms with van der Waals surface area (Å²) in [5.41, 5.74) is -0.350. The molecule has 0 saturated heterocycles. The van der Waals surface area contributed by atoms with Crippen LogP contribution in [0.5, 0.6) is 0 Å². The van der Waals surface area contributed by atoms with E-state index in [4.69, 9.17) is 0 Å². The number of halogens is 1. The predicted octanol–water partition coefficient (Wildman–Crippen LogP) is 2.92. The fourth-order valence-corrected chi connectivity index (χ4v) is 1.94. The molecular weight excluding hydrogens is 231 g/mol. The van der Waals surface area contributed by atoms with Gasteiger partial charge in [0, 0.05) is 6.42 Å². The van der Waals surface area contributed by atoms with Gasteiger partial charge in [0.2, 0.25) is 0 Å². The molecule has 1 aromatic rings. The first-order chi connectivity index (χ1) is 8.31. The second-order valence-corrected chi connectivity index (χ2v) is 5.65. The van der Waals surface area contributed by atoms with Gasteiger partial charge in [0.25, 0.3) is 0 Å². The van der Waals surface area contributed by atoms with Crippen molar-refractivity contribution in [2.24, 2.45) is 5.92 Å². The van der Waals surface area contributed by atoms with Crippen molar-refractivity contribution in [2.45, 2.75) is 51.7 Å². The van der Waals surface area contributed by atoms with Crippen molar-refractivity contribution in [1.29, 1.82) is 0 Å². The Labute approximate surface area is 108 Å². The van der Waals surface area contributed by atoms with Gasteiger partial charge in [-0.15, -0.1) is 0 Å². The Morgan fingerprint density at radius 1 is 1.17 bits per heavy atom. The van der Waals surface area contributed by atoms with Crippen molar-refractivity contribution in [1.82, 2.24) is 0 Å². The molecular formula is C15H23FO2. The summed E-state index contributed by atoms with van der Waals surface area (Å²) in [6.07, 6.45) is 1.02. The molecule has 102 valence electrons. The van der Waals surface area contributed by atoms with E-state index >= 15 is 0 Å². The molecule has 0 aliphatic rings. The molecule has 2 unspecified atom stereocenters. The number of hydrogen-bond donors (Lipinski definition) is 2. The molecule has 0 aromatic heterocycles. The van der Waals surface area contributed by atoms with E-state index in [-0.39, 0.29) is 5.82 Å². The first-order valence-electron chi connectivity index (χ1n) is 6.46. The molecule has 0 bridgehead atoms. The van der Waals surface area contributed by atoms with Crippen LogP contribution in [0, 0.1) is 11.7 Å². The molecule has 0 heterocycles. The summed E-state index contributed by atoms with van der Waals surface area (Å²) >= 11 is 0. The van der Waals surface area contributed by atoms with E-state index in [2.05, 4.69) is 13.8 Å². The fraction of sp³-hybridized carbons (Fsp3) is 0.600. The van der Waals surface area contributed by atoms with E-state index in [1.54, 1.807) is 19.1 Å². The van der Waals surface area contributed by atoms with Crippen molar-refractivity contribution < 1.29 is 14.6 Å². The maximum absolute atomic E-state index is 12.8. The lowest BCUT2D eigenvalue weighted by Crippen LogP contribution is -2.41. The highest BCUT2D eigenvalue weighted by atomic mass is 19.1. The first-order valence-corrected chi connectivity index (χ1v) is 6.46. The number of benzene rings is 1. The highest BCUT2D eigenvalue weighted by Gasteiger charge is 2.30. The van der Waals surface area contributed by atoms with Gasteiger partial charge in [-0.1, -0.05) is 26.0 Å².